The van der Waals surface area contributed by atoms with Crippen LogP contribution in [-0.2, 0) is 0 Å². The van der Waals surface area contributed by atoms with Crippen LogP contribution in [0.4, 0.5) is 5.69 Å². The SMILES string of the molecule is CC(Oc1cc(N)ccn1)C12CC3CC(CC(C3)C1)C2. The summed E-state index contributed by atoms with van der Waals surface area (Å²) in [6, 6.07) is 3.65. The minimum absolute atomic E-state index is 0.255. The van der Waals surface area contributed by atoms with Gasteiger partial charge in [0.15, 0.2) is 0 Å². The van der Waals surface area contributed by atoms with Crippen LogP contribution >= 0.6 is 0 Å². The topological polar surface area (TPSA) is 48.1 Å². The van der Waals surface area contributed by atoms with Crippen molar-refractivity contribution in [1.82, 2.24) is 4.98 Å². The number of anilines is 1. The number of hydrogen-bond acceptors (Lipinski definition) is 3. The Bertz CT molecular complexity index is 478. The number of hydrogen-bond donors (Lipinski definition) is 1. The molecular formula is C17H24N2O. The molecule has 2 N–H and O–H groups in total. The van der Waals surface area contributed by atoms with Gasteiger partial charge in [0.05, 0.1) is 0 Å². The van der Waals surface area contributed by atoms with Gasteiger partial charge < -0.3 is 10.5 Å². The molecule has 1 atom stereocenters. The predicted octanol–water partition coefficient (Wildman–Crippen LogP) is 3.65. The van der Waals surface area contributed by atoms with Crippen LogP contribution in [0, 0.1) is 23.2 Å². The summed E-state index contributed by atoms with van der Waals surface area (Å²) in [5.41, 5.74) is 6.95. The molecule has 0 radical (unpaired) electrons. The zero-order chi connectivity index (χ0) is 13.7. The number of aromatic nitrogens is 1. The second-order valence-corrected chi connectivity index (χ2v) is 7.47. The molecule has 4 fully saturated rings. The number of nitrogens with two attached hydrogens (primary N) is 1. The highest BCUT2D eigenvalue weighted by Crippen LogP contribution is 2.61. The summed E-state index contributed by atoms with van der Waals surface area (Å²) in [4.78, 5) is 4.30. The van der Waals surface area contributed by atoms with E-state index in [1.54, 1.807) is 6.20 Å². The molecule has 0 aromatic carbocycles. The zero-order valence-corrected chi connectivity index (χ0v) is 12.2. The number of rotatable bonds is 3. The lowest BCUT2D eigenvalue weighted by atomic mass is 9.48. The zero-order valence-electron chi connectivity index (χ0n) is 12.2. The van der Waals surface area contributed by atoms with Crippen molar-refractivity contribution in [2.45, 2.75) is 51.6 Å². The van der Waals surface area contributed by atoms with E-state index in [4.69, 9.17) is 10.5 Å². The van der Waals surface area contributed by atoms with Crippen LogP contribution in [0.3, 0.4) is 0 Å². The molecule has 5 rings (SSSR count). The van der Waals surface area contributed by atoms with Crippen molar-refractivity contribution in [1.29, 1.82) is 0 Å². The van der Waals surface area contributed by atoms with E-state index in [0.717, 1.165) is 23.4 Å². The molecule has 4 aliphatic carbocycles. The van der Waals surface area contributed by atoms with Crippen LogP contribution in [-0.4, -0.2) is 11.1 Å². The average Bonchev–Trinajstić information content (AvgIpc) is 2.37. The molecule has 4 aliphatic rings. The van der Waals surface area contributed by atoms with E-state index < -0.39 is 0 Å². The van der Waals surface area contributed by atoms with Crippen LogP contribution in [0.2, 0.25) is 0 Å². The maximum Gasteiger partial charge on any atom is 0.215 e. The lowest BCUT2D eigenvalue weighted by Gasteiger charge is -2.58. The maximum atomic E-state index is 6.19. The second kappa shape index (κ2) is 4.37. The van der Waals surface area contributed by atoms with E-state index in [0.29, 0.717) is 11.3 Å². The van der Waals surface area contributed by atoms with Gasteiger partial charge in [-0.3, -0.25) is 0 Å². The quantitative estimate of drug-likeness (QED) is 0.913. The molecule has 4 bridgehead atoms. The first-order chi connectivity index (χ1) is 9.63. The van der Waals surface area contributed by atoms with Gasteiger partial charge in [0.1, 0.15) is 6.10 Å². The smallest absolute Gasteiger partial charge is 0.215 e. The molecule has 1 aromatic rings. The summed E-state index contributed by atoms with van der Waals surface area (Å²) < 4.78 is 6.19. The Kier molecular flexibility index (Phi) is 2.73. The molecule has 3 heteroatoms. The van der Waals surface area contributed by atoms with E-state index in [9.17, 15) is 0 Å². The molecule has 1 unspecified atom stereocenters. The number of nitrogen functional groups attached to an aromatic ring is 1. The highest BCUT2D eigenvalue weighted by molar-refractivity contribution is 5.39. The highest BCUT2D eigenvalue weighted by atomic mass is 16.5. The third-order valence-corrected chi connectivity index (χ3v) is 6.00. The van der Waals surface area contributed by atoms with Gasteiger partial charge in [0.2, 0.25) is 5.88 Å². The molecular weight excluding hydrogens is 248 g/mol. The molecule has 0 aliphatic heterocycles. The largest absolute Gasteiger partial charge is 0.474 e. The first-order valence-electron chi connectivity index (χ1n) is 8.01. The van der Waals surface area contributed by atoms with Gasteiger partial charge in [0.25, 0.3) is 0 Å². The first kappa shape index (κ1) is 12.5. The van der Waals surface area contributed by atoms with E-state index in [2.05, 4.69) is 11.9 Å². The average molecular weight is 272 g/mol. The van der Waals surface area contributed by atoms with Crippen LogP contribution in [0.5, 0.6) is 5.88 Å². The summed E-state index contributed by atoms with van der Waals surface area (Å²) >= 11 is 0. The summed E-state index contributed by atoms with van der Waals surface area (Å²) in [6.45, 7) is 2.25. The van der Waals surface area contributed by atoms with Gasteiger partial charge >= 0.3 is 0 Å². The van der Waals surface area contributed by atoms with Crippen LogP contribution in [0.25, 0.3) is 0 Å². The predicted molar refractivity (Wildman–Crippen MR) is 79.3 cm³/mol. The molecule has 4 saturated carbocycles. The van der Waals surface area contributed by atoms with E-state index >= 15 is 0 Å². The van der Waals surface area contributed by atoms with E-state index in [1.165, 1.54) is 38.5 Å². The molecule has 1 aromatic heterocycles. The Hall–Kier alpha value is -1.25. The third-order valence-electron chi connectivity index (χ3n) is 6.00. The van der Waals surface area contributed by atoms with Crippen molar-refractivity contribution in [2.75, 3.05) is 5.73 Å². The Morgan fingerprint density at radius 3 is 2.35 bits per heavy atom. The van der Waals surface area contributed by atoms with Crippen molar-refractivity contribution in [3.8, 4) is 5.88 Å². The van der Waals surface area contributed by atoms with Crippen molar-refractivity contribution in [2.24, 2.45) is 23.2 Å². The summed E-state index contributed by atoms with van der Waals surface area (Å²) in [7, 11) is 0. The molecule has 0 amide bonds. The number of nitrogens with zero attached hydrogens (tertiary/aromatic N) is 1. The van der Waals surface area contributed by atoms with Gasteiger partial charge in [-0.1, -0.05) is 0 Å². The highest BCUT2D eigenvalue weighted by Gasteiger charge is 2.54. The monoisotopic (exact) mass is 272 g/mol. The van der Waals surface area contributed by atoms with Gasteiger partial charge in [-0.2, -0.15) is 0 Å². The fraction of sp³-hybridized carbons (Fsp3) is 0.706. The molecule has 20 heavy (non-hydrogen) atoms. The van der Waals surface area contributed by atoms with Crippen molar-refractivity contribution >= 4 is 5.69 Å². The standard InChI is InChI=1S/C17H24N2O/c1-11(20-16-7-15(18)2-3-19-16)17-8-12-4-13(9-17)6-14(5-12)10-17/h2-3,7,11-14H,4-6,8-10H2,1H3,(H2,18,19). The van der Waals surface area contributed by atoms with Crippen LogP contribution < -0.4 is 10.5 Å². The normalized spacial score (nSPS) is 39.8. The Morgan fingerprint density at radius 2 is 1.80 bits per heavy atom. The lowest BCUT2D eigenvalue weighted by Crippen LogP contribution is -2.52. The maximum absolute atomic E-state index is 6.19. The van der Waals surface area contributed by atoms with Crippen LogP contribution in [0.1, 0.15) is 45.4 Å². The minimum atomic E-state index is 0.255. The molecule has 108 valence electrons. The fourth-order valence-electron chi connectivity index (χ4n) is 5.47. The van der Waals surface area contributed by atoms with Crippen molar-refractivity contribution < 1.29 is 4.74 Å². The summed E-state index contributed by atoms with van der Waals surface area (Å²) in [6.07, 6.45) is 10.5. The lowest BCUT2D eigenvalue weighted by molar-refractivity contribution is -0.106. The number of ether oxygens (including phenoxy) is 1. The summed E-state index contributed by atoms with van der Waals surface area (Å²) in [5, 5.41) is 0. The molecule has 0 spiro atoms. The van der Waals surface area contributed by atoms with Crippen molar-refractivity contribution in [3.05, 3.63) is 18.3 Å². The van der Waals surface area contributed by atoms with Gasteiger partial charge in [0, 0.05) is 23.4 Å². The molecule has 3 nitrogen and oxygen atoms in total. The van der Waals surface area contributed by atoms with E-state index in [1.807, 2.05) is 12.1 Å². The van der Waals surface area contributed by atoms with Gasteiger partial charge in [-0.05, 0) is 69.3 Å². The molecule has 1 heterocycles. The third kappa shape index (κ3) is 1.99. The van der Waals surface area contributed by atoms with Crippen LogP contribution in [0.15, 0.2) is 18.3 Å². The van der Waals surface area contributed by atoms with Crippen molar-refractivity contribution in [3.63, 3.8) is 0 Å². The number of pyridine rings is 1. The Morgan fingerprint density at radius 1 is 1.20 bits per heavy atom. The second-order valence-electron chi connectivity index (χ2n) is 7.47. The van der Waals surface area contributed by atoms with E-state index in [-0.39, 0.29) is 6.10 Å². The Labute approximate surface area is 120 Å². The van der Waals surface area contributed by atoms with Gasteiger partial charge in [-0.25, -0.2) is 4.98 Å². The first-order valence-corrected chi connectivity index (χ1v) is 8.01. The molecule has 0 saturated heterocycles. The Balaban J connectivity index is 1.54. The fourth-order valence-corrected chi connectivity index (χ4v) is 5.47. The summed E-state index contributed by atoms with van der Waals surface area (Å²) in [5.74, 6) is 3.57. The minimum Gasteiger partial charge on any atom is -0.474 e. The van der Waals surface area contributed by atoms with Gasteiger partial charge in [-0.15, -0.1) is 0 Å².